The number of carbonyl (C=O) groups is 1. The van der Waals surface area contributed by atoms with Crippen molar-refractivity contribution in [1.29, 1.82) is 0 Å². The number of carbonyl (C=O) groups excluding carboxylic acids is 1. The molecule has 0 aliphatic heterocycles. The molecule has 4 rings (SSSR count). The number of fused-ring (bicyclic) bond motifs is 1. The molecule has 1 N–H and O–H groups in total. The zero-order valence-corrected chi connectivity index (χ0v) is 19.2. The number of thiazole rings is 1. The van der Waals surface area contributed by atoms with Crippen molar-refractivity contribution in [3.63, 3.8) is 0 Å². The summed E-state index contributed by atoms with van der Waals surface area (Å²) in [5, 5.41) is 8.33. The average molecular weight is 437 g/mol. The lowest BCUT2D eigenvalue weighted by molar-refractivity contribution is -0.115. The molecule has 0 saturated carbocycles. The minimum Gasteiger partial charge on any atom is -0.310 e. The SMILES string of the molecule is CCSc1ccc(CC(=O)Nc2cc(C)nn2-c2nc3c(C)cc(C)cc3s2)cc1. The summed E-state index contributed by atoms with van der Waals surface area (Å²) >= 11 is 3.37. The zero-order valence-electron chi connectivity index (χ0n) is 17.5. The molecule has 0 bridgehead atoms. The summed E-state index contributed by atoms with van der Waals surface area (Å²) in [6, 6.07) is 14.3. The number of thioether (sulfide) groups is 1. The Bertz CT molecular complexity index is 1210. The number of aryl methyl sites for hydroxylation is 3. The van der Waals surface area contributed by atoms with Gasteiger partial charge in [0.15, 0.2) is 0 Å². The minimum atomic E-state index is -0.0693. The monoisotopic (exact) mass is 436 g/mol. The number of nitrogens with one attached hydrogen (secondary N) is 1. The molecule has 0 aliphatic rings. The van der Waals surface area contributed by atoms with Crippen LogP contribution in [0.3, 0.4) is 0 Å². The first kappa shape index (κ1) is 20.6. The molecule has 0 fully saturated rings. The number of anilines is 1. The first-order valence-electron chi connectivity index (χ1n) is 9.89. The van der Waals surface area contributed by atoms with Crippen molar-refractivity contribution < 1.29 is 4.79 Å². The van der Waals surface area contributed by atoms with Gasteiger partial charge in [-0.05, 0) is 61.4 Å². The summed E-state index contributed by atoms with van der Waals surface area (Å²) < 4.78 is 2.85. The largest absolute Gasteiger partial charge is 0.310 e. The minimum absolute atomic E-state index is 0.0693. The van der Waals surface area contributed by atoms with Gasteiger partial charge in [0.2, 0.25) is 11.0 Å². The highest BCUT2D eigenvalue weighted by Gasteiger charge is 2.16. The second-order valence-corrected chi connectivity index (χ2v) is 9.66. The molecular formula is C23H24N4OS2. The number of hydrogen-bond donors (Lipinski definition) is 1. The Balaban J connectivity index is 1.56. The van der Waals surface area contributed by atoms with E-state index in [0.717, 1.165) is 37.9 Å². The highest BCUT2D eigenvalue weighted by Crippen LogP contribution is 2.30. The van der Waals surface area contributed by atoms with Gasteiger partial charge in [0.05, 0.1) is 22.3 Å². The third-order valence-corrected chi connectivity index (χ3v) is 6.57. The molecule has 2 heterocycles. The van der Waals surface area contributed by atoms with E-state index < -0.39 is 0 Å². The number of rotatable bonds is 6. The molecule has 0 saturated heterocycles. The molecule has 2 aromatic carbocycles. The first-order valence-corrected chi connectivity index (χ1v) is 11.7. The molecule has 0 atom stereocenters. The third-order valence-electron chi connectivity index (χ3n) is 4.70. The summed E-state index contributed by atoms with van der Waals surface area (Å²) in [5.74, 6) is 1.61. The van der Waals surface area contributed by atoms with Crippen LogP contribution in [0.5, 0.6) is 0 Å². The first-order chi connectivity index (χ1) is 14.4. The van der Waals surface area contributed by atoms with Crippen molar-refractivity contribution in [2.24, 2.45) is 0 Å². The van der Waals surface area contributed by atoms with E-state index in [-0.39, 0.29) is 5.91 Å². The fourth-order valence-electron chi connectivity index (χ4n) is 3.43. The molecule has 30 heavy (non-hydrogen) atoms. The molecule has 0 unspecified atom stereocenters. The summed E-state index contributed by atoms with van der Waals surface area (Å²) in [6.45, 7) is 8.20. The second kappa shape index (κ2) is 8.62. The van der Waals surface area contributed by atoms with Gasteiger partial charge in [-0.1, -0.05) is 36.5 Å². The van der Waals surface area contributed by atoms with E-state index >= 15 is 0 Å². The molecule has 0 radical (unpaired) electrons. The molecule has 2 aromatic heterocycles. The van der Waals surface area contributed by atoms with Gasteiger partial charge in [-0.25, -0.2) is 4.98 Å². The van der Waals surface area contributed by atoms with Crippen molar-refractivity contribution >= 4 is 45.0 Å². The quantitative estimate of drug-likeness (QED) is 0.394. The van der Waals surface area contributed by atoms with Gasteiger partial charge in [0, 0.05) is 11.0 Å². The van der Waals surface area contributed by atoms with Gasteiger partial charge in [0.1, 0.15) is 5.82 Å². The number of aromatic nitrogens is 3. The van der Waals surface area contributed by atoms with Gasteiger partial charge < -0.3 is 5.32 Å². The van der Waals surface area contributed by atoms with Crippen LogP contribution in [0.25, 0.3) is 15.3 Å². The lowest BCUT2D eigenvalue weighted by atomic mass is 10.1. The Morgan fingerprint density at radius 3 is 2.63 bits per heavy atom. The number of benzene rings is 2. The molecular weight excluding hydrogens is 412 g/mol. The van der Waals surface area contributed by atoms with Crippen LogP contribution in [0.2, 0.25) is 0 Å². The fourth-order valence-corrected chi connectivity index (χ4v) is 5.20. The zero-order chi connectivity index (χ0) is 21.3. The van der Waals surface area contributed by atoms with Crippen molar-refractivity contribution in [3.05, 3.63) is 64.8 Å². The highest BCUT2D eigenvalue weighted by molar-refractivity contribution is 7.99. The van der Waals surface area contributed by atoms with E-state index in [1.807, 2.05) is 25.1 Å². The van der Waals surface area contributed by atoms with Crippen LogP contribution in [-0.2, 0) is 11.2 Å². The van der Waals surface area contributed by atoms with Gasteiger partial charge in [-0.3, -0.25) is 4.79 Å². The Morgan fingerprint density at radius 2 is 1.90 bits per heavy atom. The van der Waals surface area contributed by atoms with Crippen LogP contribution in [0.15, 0.2) is 47.4 Å². The normalized spacial score (nSPS) is 11.2. The van der Waals surface area contributed by atoms with Gasteiger partial charge in [-0.15, -0.1) is 11.8 Å². The molecule has 1 amide bonds. The van der Waals surface area contributed by atoms with Crippen LogP contribution in [0.1, 0.15) is 29.3 Å². The number of nitrogens with zero attached hydrogens (tertiary/aromatic N) is 3. The summed E-state index contributed by atoms with van der Waals surface area (Å²) in [7, 11) is 0. The van der Waals surface area contributed by atoms with Crippen molar-refractivity contribution in [3.8, 4) is 5.13 Å². The Morgan fingerprint density at radius 1 is 1.13 bits per heavy atom. The fraction of sp³-hybridized carbons (Fsp3) is 0.261. The predicted octanol–water partition coefficient (Wildman–Crippen LogP) is 5.70. The van der Waals surface area contributed by atoms with Crippen LogP contribution in [-0.4, -0.2) is 26.4 Å². The van der Waals surface area contributed by atoms with Gasteiger partial charge in [0.25, 0.3) is 0 Å². The molecule has 154 valence electrons. The second-order valence-electron chi connectivity index (χ2n) is 7.31. The molecule has 0 aliphatic carbocycles. The Labute approximate surface area is 184 Å². The van der Waals surface area contributed by atoms with Crippen LogP contribution >= 0.6 is 23.1 Å². The van der Waals surface area contributed by atoms with Crippen LogP contribution in [0.4, 0.5) is 5.82 Å². The van der Waals surface area contributed by atoms with E-state index in [1.165, 1.54) is 10.5 Å². The highest BCUT2D eigenvalue weighted by atomic mass is 32.2. The van der Waals surface area contributed by atoms with E-state index in [0.29, 0.717) is 12.2 Å². The van der Waals surface area contributed by atoms with Gasteiger partial charge >= 0.3 is 0 Å². The molecule has 4 aromatic rings. The summed E-state index contributed by atoms with van der Waals surface area (Å²) in [6.07, 6.45) is 0.319. The van der Waals surface area contributed by atoms with Crippen molar-refractivity contribution in [2.45, 2.75) is 39.0 Å². The summed E-state index contributed by atoms with van der Waals surface area (Å²) in [5.41, 5.74) is 5.16. The molecule has 0 spiro atoms. The predicted molar refractivity (Wildman–Crippen MR) is 126 cm³/mol. The van der Waals surface area contributed by atoms with E-state index in [1.54, 1.807) is 27.8 Å². The van der Waals surface area contributed by atoms with Crippen molar-refractivity contribution in [2.75, 3.05) is 11.1 Å². The standard InChI is InChI=1S/C23H24N4OS2/c1-5-29-18-8-6-17(7-9-18)13-21(28)24-20-12-16(4)26-27(20)23-25-22-15(3)10-14(2)11-19(22)30-23/h6-12H,5,13H2,1-4H3,(H,24,28). The maximum Gasteiger partial charge on any atom is 0.229 e. The maximum absolute atomic E-state index is 12.7. The maximum atomic E-state index is 12.7. The van der Waals surface area contributed by atoms with Crippen molar-refractivity contribution in [1.82, 2.24) is 14.8 Å². The lowest BCUT2D eigenvalue weighted by Crippen LogP contribution is -2.17. The Hall–Kier alpha value is -2.64. The van der Waals surface area contributed by atoms with E-state index in [9.17, 15) is 4.79 Å². The summed E-state index contributed by atoms with van der Waals surface area (Å²) in [4.78, 5) is 18.7. The third kappa shape index (κ3) is 4.42. The molecule has 5 nitrogen and oxygen atoms in total. The van der Waals surface area contributed by atoms with Crippen LogP contribution < -0.4 is 5.32 Å². The van der Waals surface area contributed by atoms with E-state index in [4.69, 9.17) is 4.98 Å². The number of amides is 1. The Kier molecular flexibility index (Phi) is 5.92. The number of hydrogen-bond acceptors (Lipinski definition) is 5. The topological polar surface area (TPSA) is 59.8 Å². The lowest BCUT2D eigenvalue weighted by Gasteiger charge is -2.07. The van der Waals surface area contributed by atoms with Gasteiger partial charge in [-0.2, -0.15) is 9.78 Å². The van der Waals surface area contributed by atoms with Crippen LogP contribution in [0, 0.1) is 20.8 Å². The average Bonchev–Trinajstić information content (AvgIpc) is 3.26. The molecule has 7 heteroatoms. The van der Waals surface area contributed by atoms with E-state index in [2.05, 4.69) is 55.5 Å². The smallest absolute Gasteiger partial charge is 0.229 e.